The first kappa shape index (κ1) is 15.1. The molecule has 1 aromatic heterocycles. The summed E-state index contributed by atoms with van der Waals surface area (Å²) in [4.78, 5) is 0. The lowest BCUT2D eigenvalue weighted by Crippen LogP contribution is -1.95. The van der Waals surface area contributed by atoms with Gasteiger partial charge in [0.2, 0.25) is 0 Å². The second-order valence-electron chi connectivity index (χ2n) is 4.79. The molecule has 0 N–H and O–H groups in total. The zero-order chi connectivity index (χ0) is 15.5. The number of nitrogens with zero attached hydrogens (tertiary/aromatic N) is 3. The summed E-state index contributed by atoms with van der Waals surface area (Å²) < 4.78 is 14.8. The van der Waals surface area contributed by atoms with Crippen LogP contribution >= 0.6 is 23.4 Å². The van der Waals surface area contributed by atoms with E-state index in [0.29, 0.717) is 10.8 Å². The molecule has 0 saturated carbocycles. The second-order valence-corrected chi connectivity index (χ2v) is 6.17. The molecule has 0 saturated heterocycles. The highest BCUT2D eigenvalue weighted by atomic mass is 35.5. The fourth-order valence-corrected chi connectivity index (χ4v) is 3.01. The van der Waals surface area contributed by atoms with E-state index in [-0.39, 0.29) is 5.82 Å². The van der Waals surface area contributed by atoms with E-state index < -0.39 is 0 Å². The minimum Gasteiger partial charge on any atom is -0.305 e. The first-order chi connectivity index (χ1) is 10.6. The first-order valence-corrected chi connectivity index (χ1v) is 8.02. The SMILES string of the molecule is Cn1c(SCc2ccc(F)cc2)nnc1-c1ccc(Cl)cc1. The highest BCUT2D eigenvalue weighted by Crippen LogP contribution is 2.26. The van der Waals surface area contributed by atoms with Crippen molar-refractivity contribution in [2.75, 3.05) is 0 Å². The van der Waals surface area contributed by atoms with E-state index in [2.05, 4.69) is 10.2 Å². The van der Waals surface area contributed by atoms with Crippen LogP contribution in [0.2, 0.25) is 5.02 Å². The number of halogens is 2. The minimum absolute atomic E-state index is 0.225. The molecule has 0 aliphatic rings. The lowest BCUT2D eigenvalue weighted by atomic mass is 10.2. The third kappa shape index (κ3) is 3.31. The summed E-state index contributed by atoms with van der Waals surface area (Å²) in [7, 11) is 1.93. The Hall–Kier alpha value is -1.85. The van der Waals surface area contributed by atoms with E-state index >= 15 is 0 Å². The Labute approximate surface area is 137 Å². The number of rotatable bonds is 4. The Morgan fingerprint density at radius 3 is 2.41 bits per heavy atom. The Morgan fingerprint density at radius 1 is 1.05 bits per heavy atom. The van der Waals surface area contributed by atoms with Crippen LogP contribution in [0.5, 0.6) is 0 Å². The average molecular weight is 334 g/mol. The summed E-state index contributed by atoms with van der Waals surface area (Å²) in [5.41, 5.74) is 2.01. The van der Waals surface area contributed by atoms with Gasteiger partial charge in [-0.3, -0.25) is 0 Å². The quantitative estimate of drug-likeness (QED) is 0.655. The summed E-state index contributed by atoms with van der Waals surface area (Å²) in [6, 6.07) is 14.0. The van der Waals surface area contributed by atoms with Gasteiger partial charge < -0.3 is 4.57 Å². The molecule has 0 aliphatic carbocycles. The zero-order valence-electron chi connectivity index (χ0n) is 11.8. The van der Waals surface area contributed by atoms with Crippen molar-refractivity contribution >= 4 is 23.4 Å². The highest BCUT2D eigenvalue weighted by Gasteiger charge is 2.11. The fraction of sp³-hybridized carbons (Fsp3) is 0.125. The summed E-state index contributed by atoms with van der Waals surface area (Å²) >= 11 is 7.46. The third-order valence-corrected chi connectivity index (χ3v) is 4.56. The average Bonchev–Trinajstić information content (AvgIpc) is 2.89. The lowest BCUT2D eigenvalue weighted by molar-refractivity contribution is 0.627. The van der Waals surface area contributed by atoms with E-state index in [1.54, 1.807) is 23.9 Å². The molecule has 1 heterocycles. The molecule has 0 aliphatic heterocycles. The van der Waals surface area contributed by atoms with Crippen LogP contribution in [0.3, 0.4) is 0 Å². The number of hydrogen-bond donors (Lipinski definition) is 0. The molecule has 3 nitrogen and oxygen atoms in total. The number of benzene rings is 2. The van der Waals surface area contributed by atoms with Gasteiger partial charge in [0.05, 0.1) is 0 Å². The molecule has 0 spiro atoms. The van der Waals surface area contributed by atoms with Crippen molar-refractivity contribution in [3.05, 3.63) is 64.9 Å². The summed E-state index contributed by atoms with van der Waals surface area (Å²) in [5.74, 6) is 1.28. The van der Waals surface area contributed by atoms with Gasteiger partial charge in [-0.25, -0.2) is 4.39 Å². The molecule has 6 heteroatoms. The van der Waals surface area contributed by atoms with Crippen molar-refractivity contribution in [2.24, 2.45) is 7.05 Å². The molecule has 0 radical (unpaired) electrons. The van der Waals surface area contributed by atoms with Gasteiger partial charge in [0.15, 0.2) is 11.0 Å². The largest absolute Gasteiger partial charge is 0.305 e. The van der Waals surface area contributed by atoms with Crippen LogP contribution in [0.1, 0.15) is 5.56 Å². The lowest BCUT2D eigenvalue weighted by Gasteiger charge is -2.04. The normalized spacial score (nSPS) is 10.9. The molecule has 112 valence electrons. The molecule has 0 bridgehead atoms. The van der Waals surface area contributed by atoms with Crippen LogP contribution in [0.25, 0.3) is 11.4 Å². The standard InChI is InChI=1S/C16H13ClFN3S/c1-21-15(12-4-6-13(17)7-5-12)19-20-16(21)22-10-11-2-8-14(18)9-3-11/h2-9H,10H2,1H3. The summed E-state index contributed by atoms with van der Waals surface area (Å²) in [6.07, 6.45) is 0. The predicted molar refractivity (Wildman–Crippen MR) is 87.4 cm³/mol. The van der Waals surface area contributed by atoms with E-state index in [9.17, 15) is 4.39 Å². The topological polar surface area (TPSA) is 30.7 Å². The van der Waals surface area contributed by atoms with Crippen molar-refractivity contribution in [1.82, 2.24) is 14.8 Å². The Morgan fingerprint density at radius 2 is 1.73 bits per heavy atom. The van der Waals surface area contributed by atoms with Gasteiger partial charge in [-0.2, -0.15) is 0 Å². The maximum absolute atomic E-state index is 12.9. The summed E-state index contributed by atoms with van der Waals surface area (Å²) in [6.45, 7) is 0. The second kappa shape index (κ2) is 6.50. The van der Waals surface area contributed by atoms with E-state index in [1.165, 1.54) is 12.1 Å². The molecule has 0 atom stereocenters. The van der Waals surface area contributed by atoms with Crippen molar-refractivity contribution in [1.29, 1.82) is 0 Å². The van der Waals surface area contributed by atoms with Crippen molar-refractivity contribution in [3.8, 4) is 11.4 Å². The van der Waals surface area contributed by atoms with Crippen molar-refractivity contribution in [3.63, 3.8) is 0 Å². The van der Waals surface area contributed by atoms with Gasteiger partial charge in [0, 0.05) is 23.4 Å². The molecule has 3 aromatic rings. The molecule has 0 fully saturated rings. The molecule has 3 rings (SSSR count). The maximum Gasteiger partial charge on any atom is 0.191 e. The van der Waals surface area contributed by atoms with Gasteiger partial charge in [-0.1, -0.05) is 35.5 Å². The van der Waals surface area contributed by atoms with Gasteiger partial charge >= 0.3 is 0 Å². The molecule has 0 amide bonds. The van der Waals surface area contributed by atoms with Crippen LogP contribution in [0.4, 0.5) is 4.39 Å². The maximum atomic E-state index is 12.9. The highest BCUT2D eigenvalue weighted by molar-refractivity contribution is 7.98. The number of aromatic nitrogens is 3. The Bertz CT molecular complexity index is 769. The van der Waals surface area contributed by atoms with Crippen LogP contribution in [-0.4, -0.2) is 14.8 Å². The van der Waals surface area contributed by atoms with Gasteiger partial charge in [0.25, 0.3) is 0 Å². The van der Waals surface area contributed by atoms with Crippen LogP contribution in [-0.2, 0) is 12.8 Å². The first-order valence-electron chi connectivity index (χ1n) is 6.66. The zero-order valence-corrected chi connectivity index (χ0v) is 13.4. The summed E-state index contributed by atoms with van der Waals surface area (Å²) in [5, 5.41) is 9.95. The molecule has 0 unspecified atom stereocenters. The predicted octanol–water partition coefficient (Wildman–Crippen LogP) is 4.57. The molecule has 22 heavy (non-hydrogen) atoms. The Balaban J connectivity index is 1.75. The Kier molecular flexibility index (Phi) is 4.45. The molecular weight excluding hydrogens is 321 g/mol. The third-order valence-electron chi connectivity index (χ3n) is 3.22. The number of hydrogen-bond acceptors (Lipinski definition) is 3. The monoisotopic (exact) mass is 333 g/mol. The van der Waals surface area contributed by atoms with E-state index in [0.717, 1.165) is 22.1 Å². The van der Waals surface area contributed by atoms with Crippen LogP contribution < -0.4 is 0 Å². The van der Waals surface area contributed by atoms with Gasteiger partial charge in [0.1, 0.15) is 5.82 Å². The van der Waals surface area contributed by atoms with Gasteiger partial charge in [-0.15, -0.1) is 10.2 Å². The van der Waals surface area contributed by atoms with Crippen LogP contribution in [0.15, 0.2) is 53.7 Å². The van der Waals surface area contributed by atoms with Crippen molar-refractivity contribution < 1.29 is 4.39 Å². The van der Waals surface area contributed by atoms with E-state index in [4.69, 9.17) is 11.6 Å². The van der Waals surface area contributed by atoms with Gasteiger partial charge in [-0.05, 0) is 42.0 Å². The number of thioether (sulfide) groups is 1. The smallest absolute Gasteiger partial charge is 0.191 e. The minimum atomic E-state index is -0.225. The fourth-order valence-electron chi connectivity index (χ4n) is 2.02. The molecule has 2 aromatic carbocycles. The molecular formula is C16H13ClFN3S. The van der Waals surface area contributed by atoms with Crippen LogP contribution in [0, 0.1) is 5.82 Å². The van der Waals surface area contributed by atoms with Crippen molar-refractivity contribution in [2.45, 2.75) is 10.9 Å². The van der Waals surface area contributed by atoms with E-state index in [1.807, 2.05) is 35.9 Å².